The van der Waals surface area contributed by atoms with Crippen LogP contribution < -0.4 is 20.9 Å². The fraction of sp³-hybridized carbons (Fsp3) is 0.500. The molecule has 1 saturated carbocycles. The van der Waals surface area contributed by atoms with E-state index in [0.717, 1.165) is 97.8 Å². The molecule has 0 aromatic heterocycles. The quantitative estimate of drug-likeness (QED) is 0.334. The number of amides is 2. The van der Waals surface area contributed by atoms with Crippen molar-refractivity contribution in [3.05, 3.63) is 76.0 Å². The molecule has 45 heavy (non-hydrogen) atoms. The van der Waals surface area contributed by atoms with Gasteiger partial charge < -0.3 is 30.7 Å². The zero-order chi connectivity index (χ0) is 32.1. The zero-order valence-corrected chi connectivity index (χ0v) is 27.4. The second-order valence-corrected chi connectivity index (χ2v) is 12.8. The number of morpholine rings is 1. The first-order valence-corrected chi connectivity index (χ1v) is 16.2. The van der Waals surface area contributed by atoms with E-state index in [2.05, 4.69) is 63.1 Å². The number of hydrogen-bond donors (Lipinski definition) is 4. The maximum atomic E-state index is 13.8. The van der Waals surface area contributed by atoms with Gasteiger partial charge in [0.15, 0.2) is 0 Å². The van der Waals surface area contributed by atoms with Gasteiger partial charge >= 0.3 is 0 Å². The lowest BCUT2D eigenvalue weighted by atomic mass is 9.89. The average Bonchev–Trinajstić information content (AvgIpc) is 3.01. The van der Waals surface area contributed by atoms with E-state index < -0.39 is 6.23 Å². The molecule has 2 amide bonds. The van der Waals surface area contributed by atoms with E-state index in [0.29, 0.717) is 11.6 Å². The molecule has 1 unspecified atom stereocenters. The Morgan fingerprint density at radius 3 is 2.36 bits per heavy atom. The number of allylic oxidation sites excluding steroid dienone is 3. The molecule has 9 heteroatoms. The smallest absolute Gasteiger partial charge is 0.251 e. The van der Waals surface area contributed by atoms with Crippen LogP contribution in [0.1, 0.15) is 67.9 Å². The summed E-state index contributed by atoms with van der Waals surface area (Å²) < 4.78 is 5.50. The van der Waals surface area contributed by atoms with Crippen LogP contribution in [0, 0.1) is 6.92 Å². The normalized spacial score (nSPS) is 22.4. The number of aliphatic hydroxyl groups excluding tert-OH is 1. The molecular formula is C36H49N5O4. The fourth-order valence-corrected chi connectivity index (χ4v) is 6.86. The van der Waals surface area contributed by atoms with Crippen LogP contribution >= 0.6 is 0 Å². The first kappa shape index (κ1) is 32.7. The first-order valence-electron chi connectivity index (χ1n) is 16.2. The first-order chi connectivity index (χ1) is 21.6. The highest BCUT2D eigenvalue weighted by Crippen LogP contribution is 2.35. The van der Waals surface area contributed by atoms with Crippen LogP contribution in [0.3, 0.4) is 0 Å². The Labute approximate surface area is 267 Å². The van der Waals surface area contributed by atoms with Crippen molar-refractivity contribution in [3.8, 4) is 11.1 Å². The predicted octanol–water partition coefficient (Wildman–Crippen LogP) is 4.25. The number of hydrogen-bond acceptors (Lipinski definition) is 7. The second-order valence-electron chi connectivity index (χ2n) is 12.8. The van der Waals surface area contributed by atoms with Crippen molar-refractivity contribution in [2.24, 2.45) is 0 Å². The van der Waals surface area contributed by atoms with Gasteiger partial charge in [-0.25, -0.2) is 0 Å². The van der Waals surface area contributed by atoms with Crippen LogP contribution in [0.25, 0.3) is 11.1 Å². The molecule has 3 aliphatic rings. The Hall–Kier alpha value is -3.66. The number of dihydropyridines is 1. The standard InChI is InChI=1S/C36H49N5O4/c1-23-18-24(2)38-36(44)33(23)21-37-35(43)32-19-29(28-8-6-27(7-9-28)22-41-14-16-45-17-15-41)20-34(25(32)3)40(5)31-12-10-30(11-13-31)39-26(4)42/h6-9,18-20,30-31,36,38,44H,10-17,21-22H2,1-5H3,(H,37,43)(H,39,42)/t30-,31-,36?. The van der Waals surface area contributed by atoms with Gasteiger partial charge in [-0.2, -0.15) is 0 Å². The summed E-state index contributed by atoms with van der Waals surface area (Å²) in [6.07, 6.45) is 4.96. The van der Waals surface area contributed by atoms with Crippen LogP contribution in [0.4, 0.5) is 5.69 Å². The lowest BCUT2D eigenvalue weighted by Gasteiger charge is -2.37. The predicted molar refractivity (Wildman–Crippen MR) is 179 cm³/mol. The van der Waals surface area contributed by atoms with Crippen molar-refractivity contribution < 1.29 is 19.4 Å². The van der Waals surface area contributed by atoms with Gasteiger partial charge in [-0.3, -0.25) is 14.5 Å². The lowest BCUT2D eigenvalue weighted by Crippen LogP contribution is -2.42. The molecule has 2 aromatic carbocycles. The molecule has 2 aliphatic heterocycles. The molecule has 9 nitrogen and oxygen atoms in total. The number of rotatable bonds is 9. The van der Waals surface area contributed by atoms with Gasteiger partial charge in [0, 0.05) is 74.8 Å². The van der Waals surface area contributed by atoms with Gasteiger partial charge in [0.25, 0.3) is 5.91 Å². The minimum absolute atomic E-state index is 0.0237. The Morgan fingerprint density at radius 2 is 1.71 bits per heavy atom. The van der Waals surface area contributed by atoms with Crippen LogP contribution in [-0.2, 0) is 16.1 Å². The Balaban J connectivity index is 1.41. The number of aliphatic hydroxyl groups is 1. The van der Waals surface area contributed by atoms with Gasteiger partial charge in [-0.05, 0) is 92.5 Å². The Bertz CT molecular complexity index is 1440. The number of benzene rings is 2. The third-order valence-electron chi connectivity index (χ3n) is 9.53. The van der Waals surface area contributed by atoms with Crippen LogP contribution in [0.5, 0.6) is 0 Å². The average molecular weight is 616 g/mol. The van der Waals surface area contributed by atoms with E-state index in [4.69, 9.17) is 4.74 Å². The number of carbonyl (C=O) groups excluding carboxylic acids is 2. The summed E-state index contributed by atoms with van der Waals surface area (Å²) >= 11 is 0. The highest BCUT2D eigenvalue weighted by molar-refractivity contribution is 5.99. The number of carbonyl (C=O) groups is 2. The van der Waals surface area contributed by atoms with E-state index in [1.807, 2.05) is 32.9 Å². The third-order valence-corrected chi connectivity index (χ3v) is 9.53. The zero-order valence-electron chi connectivity index (χ0n) is 27.4. The molecule has 2 heterocycles. The van der Waals surface area contributed by atoms with Crippen molar-refractivity contribution in [2.75, 3.05) is 44.8 Å². The monoisotopic (exact) mass is 615 g/mol. The summed E-state index contributed by atoms with van der Waals surface area (Å²) in [6, 6.07) is 13.4. The van der Waals surface area contributed by atoms with E-state index in [9.17, 15) is 14.7 Å². The molecular weight excluding hydrogens is 566 g/mol. The summed E-state index contributed by atoms with van der Waals surface area (Å²) in [5.74, 6) is -0.142. The van der Waals surface area contributed by atoms with E-state index >= 15 is 0 Å². The Kier molecular flexibility index (Phi) is 10.6. The van der Waals surface area contributed by atoms with Gasteiger partial charge in [-0.1, -0.05) is 24.3 Å². The molecule has 0 bridgehead atoms. The van der Waals surface area contributed by atoms with E-state index in [1.165, 1.54) is 5.56 Å². The summed E-state index contributed by atoms with van der Waals surface area (Å²) in [7, 11) is 2.12. The minimum Gasteiger partial charge on any atom is -0.379 e. The van der Waals surface area contributed by atoms with E-state index in [1.54, 1.807) is 6.92 Å². The topological polar surface area (TPSA) is 106 Å². The maximum absolute atomic E-state index is 13.8. The second kappa shape index (κ2) is 14.6. The fourth-order valence-electron chi connectivity index (χ4n) is 6.86. The van der Waals surface area contributed by atoms with Crippen LogP contribution in [0.15, 0.2) is 59.3 Å². The molecule has 2 aromatic rings. The molecule has 242 valence electrons. The Morgan fingerprint density at radius 1 is 1.02 bits per heavy atom. The van der Waals surface area contributed by atoms with Crippen molar-refractivity contribution in [1.82, 2.24) is 20.9 Å². The summed E-state index contributed by atoms with van der Waals surface area (Å²) in [4.78, 5) is 30.1. The van der Waals surface area contributed by atoms with Gasteiger partial charge in [0.2, 0.25) is 5.91 Å². The van der Waals surface area contributed by atoms with Crippen molar-refractivity contribution in [2.45, 2.75) is 78.2 Å². The number of nitrogens with one attached hydrogen (secondary N) is 3. The molecule has 2 fully saturated rings. The molecule has 5 rings (SSSR count). The molecule has 1 saturated heterocycles. The summed E-state index contributed by atoms with van der Waals surface area (Å²) in [5, 5.41) is 19.8. The number of anilines is 1. The van der Waals surface area contributed by atoms with Gasteiger partial charge in [0.1, 0.15) is 6.23 Å². The van der Waals surface area contributed by atoms with Crippen molar-refractivity contribution in [3.63, 3.8) is 0 Å². The van der Waals surface area contributed by atoms with E-state index in [-0.39, 0.29) is 24.4 Å². The maximum Gasteiger partial charge on any atom is 0.251 e. The van der Waals surface area contributed by atoms with Gasteiger partial charge in [0.05, 0.1) is 13.2 Å². The molecule has 0 spiro atoms. The third kappa shape index (κ3) is 8.14. The minimum atomic E-state index is -0.826. The van der Waals surface area contributed by atoms with Gasteiger partial charge in [-0.15, -0.1) is 0 Å². The summed E-state index contributed by atoms with van der Waals surface area (Å²) in [5.41, 5.74) is 8.50. The van der Waals surface area contributed by atoms with Crippen LogP contribution in [0.2, 0.25) is 0 Å². The highest BCUT2D eigenvalue weighted by atomic mass is 16.5. The summed E-state index contributed by atoms with van der Waals surface area (Å²) in [6.45, 7) is 12.1. The number of ether oxygens (including phenoxy) is 1. The molecule has 1 aliphatic carbocycles. The van der Waals surface area contributed by atoms with Crippen molar-refractivity contribution >= 4 is 17.5 Å². The van der Waals surface area contributed by atoms with Crippen LogP contribution in [-0.4, -0.2) is 80.0 Å². The van der Waals surface area contributed by atoms with Crippen molar-refractivity contribution in [1.29, 1.82) is 0 Å². The molecule has 0 radical (unpaired) electrons. The largest absolute Gasteiger partial charge is 0.379 e. The highest BCUT2D eigenvalue weighted by Gasteiger charge is 2.27. The molecule has 4 N–H and O–H groups in total. The number of nitrogens with zero attached hydrogens (tertiary/aromatic N) is 2. The SMILES string of the molecule is CC(=O)N[C@H]1CC[C@H](N(C)c2cc(-c3ccc(CN4CCOCC4)cc3)cc(C(=O)NCC3=C(C)C=C(C)NC3O)c2C)CC1. The lowest BCUT2D eigenvalue weighted by molar-refractivity contribution is -0.119. The molecule has 1 atom stereocenters.